The van der Waals surface area contributed by atoms with Crippen LogP contribution < -0.4 is 10.1 Å². The molecular weight excluding hydrogens is 424 g/mol. The second-order valence-electron chi connectivity index (χ2n) is 7.96. The van der Waals surface area contributed by atoms with Crippen molar-refractivity contribution >= 4 is 34.3 Å². The van der Waals surface area contributed by atoms with Crippen LogP contribution in [0.4, 0.5) is 5.69 Å². The van der Waals surface area contributed by atoms with E-state index in [4.69, 9.17) is 20.8 Å². The number of rotatable bonds is 6. The van der Waals surface area contributed by atoms with Gasteiger partial charge in [-0.25, -0.2) is 4.98 Å². The zero-order valence-electron chi connectivity index (χ0n) is 18.5. The average molecular weight is 449 g/mol. The van der Waals surface area contributed by atoms with Crippen molar-refractivity contribution in [2.24, 2.45) is 0 Å². The monoisotopic (exact) mass is 448 g/mol. The van der Waals surface area contributed by atoms with Crippen molar-refractivity contribution in [2.75, 3.05) is 11.9 Å². The third-order valence-electron chi connectivity index (χ3n) is 5.30. The molecule has 0 spiro atoms. The number of fused-ring (bicyclic) bond motifs is 1. The zero-order chi connectivity index (χ0) is 22.8. The maximum absolute atomic E-state index is 12.8. The number of nitrogens with zero attached hydrogens (tertiary/aromatic N) is 1. The van der Waals surface area contributed by atoms with E-state index >= 15 is 0 Å². The van der Waals surface area contributed by atoms with E-state index in [-0.39, 0.29) is 5.91 Å². The number of anilines is 1. The van der Waals surface area contributed by atoms with Gasteiger partial charge in [-0.05, 0) is 73.4 Å². The Bertz CT molecular complexity index is 1290. The van der Waals surface area contributed by atoms with Crippen LogP contribution in [0.15, 0.2) is 59.0 Å². The first kappa shape index (κ1) is 21.9. The van der Waals surface area contributed by atoms with Crippen LogP contribution in [-0.4, -0.2) is 17.5 Å². The Hall–Kier alpha value is -3.31. The Balaban J connectivity index is 1.61. The van der Waals surface area contributed by atoms with Gasteiger partial charge < -0.3 is 14.5 Å². The lowest BCUT2D eigenvalue weighted by atomic mass is 10.0. The second-order valence-corrected chi connectivity index (χ2v) is 8.37. The summed E-state index contributed by atoms with van der Waals surface area (Å²) in [5, 5.41) is 3.37. The maximum Gasteiger partial charge on any atom is 0.255 e. The van der Waals surface area contributed by atoms with Gasteiger partial charge in [0.25, 0.3) is 5.91 Å². The summed E-state index contributed by atoms with van der Waals surface area (Å²) < 4.78 is 11.4. The molecule has 0 unspecified atom stereocenters. The highest BCUT2D eigenvalue weighted by atomic mass is 35.5. The predicted molar refractivity (Wildman–Crippen MR) is 129 cm³/mol. The number of oxazole rings is 1. The Labute approximate surface area is 192 Å². The van der Waals surface area contributed by atoms with E-state index in [1.165, 1.54) is 5.56 Å². The van der Waals surface area contributed by atoms with Gasteiger partial charge in [-0.15, -0.1) is 0 Å². The summed E-state index contributed by atoms with van der Waals surface area (Å²) in [5.41, 5.74) is 5.62. The molecule has 1 amide bonds. The van der Waals surface area contributed by atoms with Gasteiger partial charge in [0.1, 0.15) is 11.3 Å². The van der Waals surface area contributed by atoms with E-state index in [0.29, 0.717) is 40.4 Å². The number of benzene rings is 3. The number of aromatic nitrogens is 1. The van der Waals surface area contributed by atoms with Crippen LogP contribution in [0.25, 0.3) is 22.6 Å². The minimum absolute atomic E-state index is 0.255. The van der Waals surface area contributed by atoms with E-state index in [1.54, 1.807) is 18.2 Å². The van der Waals surface area contributed by atoms with Crippen LogP contribution >= 0.6 is 11.6 Å². The van der Waals surface area contributed by atoms with Crippen molar-refractivity contribution in [1.82, 2.24) is 4.98 Å². The van der Waals surface area contributed by atoms with Gasteiger partial charge in [-0.2, -0.15) is 0 Å². The molecule has 32 heavy (non-hydrogen) atoms. The Morgan fingerprint density at radius 2 is 1.94 bits per heavy atom. The molecule has 4 aromatic rings. The number of nitrogens with one attached hydrogen (secondary N) is 1. The lowest BCUT2D eigenvalue weighted by molar-refractivity contribution is 0.102. The highest BCUT2D eigenvalue weighted by Gasteiger charge is 2.14. The van der Waals surface area contributed by atoms with Gasteiger partial charge >= 0.3 is 0 Å². The lowest BCUT2D eigenvalue weighted by Crippen LogP contribution is -2.13. The molecule has 5 nitrogen and oxygen atoms in total. The summed E-state index contributed by atoms with van der Waals surface area (Å²) in [6, 6.07) is 16.8. The number of carbonyl (C=O) groups is 1. The first-order valence-electron chi connectivity index (χ1n) is 10.6. The number of carbonyl (C=O) groups excluding carboxylic acids is 1. The SMILES string of the molecule is CCOc1ccc(C(=O)Nc2cc(-c3nc4cc(C(C)C)ccc4o3)ccc2C)cc1Cl. The summed E-state index contributed by atoms with van der Waals surface area (Å²) in [7, 11) is 0. The lowest BCUT2D eigenvalue weighted by Gasteiger charge is -2.11. The number of amides is 1. The first-order valence-corrected chi connectivity index (χ1v) is 11.0. The average Bonchev–Trinajstić information content (AvgIpc) is 3.20. The number of ether oxygens (including phenoxy) is 1. The van der Waals surface area contributed by atoms with Gasteiger partial charge in [-0.3, -0.25) is 4.79 Å². The number of halogens is 1. The van der Waals surface area contributed by atoms with E-state index < -0.39 is 0 Å². The number of hydrogen-bond donors (Lipinski definition) is 1. The summed E-state index contributed by atoms with van der Waals surface area (Å²) in [5.74, 6) is 1.23. The quantitative estimate of drug-likeness (QED) is 0.338. The molecule has 4 rings (SSSR count). The highest BCUT2D eigenvalue weighted by Crippen LogP contribution is 2.30. The van der Waals surface area contributed by atoms with Crippen LogP contribution in [0.5, 0.6) is 5.75 Å². The standard InChI is InChI=1S/C26H25ClN2O3/c1-5-31-23-10-9-18(12-20(23)27)25(30)28-21-14-19(7-6-16(21)4)26-29-22-13-17(15(2)3)8-11-24(22)32-26/h6-15H,5H2,1-4H3,(H,28,30). The fourth-order valence-electron chi connectivity index (χ4n) is 3.43. The van der Waals surface area contributed by atoms with Crippen molar-refractivity contribution in [3.05, 3.63) is 76.3 Å². The molecule has 3 aromatic carbocycles. The summed E-state index contributed by atoms with van der Waals surface area (Å²) in [6.45, 7) is 8.62. The third-order valence-corrected chi connectivity index (χ3v) is 5.60. The largest absolute Gasteiger partial charge is 0.492 e. The van der Waals surface area contributed by atoms with Crippen LogP contribution in [0, 0.1) is 6.92 Å². The van der Waals surface area contributed by atoms with Crippen molar-refractivity contribution in [3.63, 3.8) is 0 Å². The Morgan fingerprint density at radius 1 is 1.12 bits per heavy atom. The summed E-state index contributed by atoms with van der Waals surface area (Å²) in [4.78, 5) is 17.5. The fourth-order valence-corrected chi connectivity index (χ4v) is 3.66. The normalized spacial score (nSPS) is 11.2. The molecule has 0 radical (unpaired) electrons. The van der Waals surface area contributed by atoms with Gasteiger partial charge in [0.2, 0.25) is 5.89 Å². The first-order chi connectivity index (χ1) is 15.4. The molecule has 0 aliphatic heterocycles. The molecule has 6 heteroatoms. The second kappa shape index (κ2) is 9.05. The van der Waals surface area contributed by atoms with Crippen LogP contribution in [0.2, 0.25) is 5.02 Å². The minimum atomic E-state index is -0.255. The molecule has 164 valence electrons. The molecule has 0 aliphatic carbocycles. The summed E-state index contributed by atoms with van der Waals surface area (Å²) in [6.07, 6.45) is 0. The summed E-state index contributed by atoms with van der Waals surface area (Å²) >= 11 is 6.24. The topological polar surface area (TPSA) is 64.4 Å². The molecular formula is C26H25ClN2O3. The molecule has 0 saturated carbocycles. The van der Waals surface area contributed by atoms with Crippen LogP contribution in [-0.2, 0) is 0 Å². The van der Waals surface area contributed by atoms with Crippen molar-refractivity contribution < 1.29 is 13.9 Å². The van der Waals surface area contributed by atoms with Crippen molar-refractivity contribution in [1.29, 1.82) is 0 Å². The predicted octanol–water partition coefficient (Wildman–Crippen LogP) is 7.23. The maximum atomic E-state index is 12.8. The van der Waals surface area contributed by atoms with Crippen molar-refractivity contribution in [3.8, 4) is 17.2 Å². The minimum Gasteiger partial charge on any atom is -0.492 e. The fraction of sp³-hybridized carbons (Fsp3) is 0.231. The molecule has 0 fully saturated rings. The molecule has 1 N–H and O–H groups in total. The van der Waals surface area contributed by atoms with Gasteiger partial charge in [0.05, 0.1) is 11.6 Å². The van der Waals surface area contributed by atoms with E-state index in [9.17, 15) is 4.79 Å². The van der Waals surface area contributed by atoms with E-state index in [2.05, 4.69) is 36.3 Å². The van der Waals surface area contributed by atoms with Gasteiger partial charge in [0.15, 0.2) is 5.58 Å². The van der Waals surface area contributed by atoms with E-state index in [1.807, 2.05) is 38.1 Å². The third kappa shape index (κ3) is 4.48. The Morgan fingerprint density at radius 3 is 2.66 bits per heavy atom. The van der Waals surface area contributed by atoms with Gasteiger partial charge in [-0.1, -0.05) is 37.6 Å². The van der Waals surface area contributed by atoms with Crippen molar-refractivity contribution in [2.45, 2.75) is 33.6 Å². The number of aryl methyl sites for hydroxylation is 1. The van der Waals surface area contributed by atoms with E-state index in [0.717, 1.165) is 22.2 Å². The number of hydrogen-bond acceptors (Lipinski definition) is 4. The molecule has 1 aromatic heterocycles. The molecule has 0 aliphatic rings. The van der Waals surface area contributed by atoms with Crippen LogP contribution in [0.3, 0.4) is 0 Å². The zero-order valence-corrected chi connectivity index (χ0v) is 19.3. The van der Waals surface area contributed by atoms with Gasteiger partial charge in [0, 0.05) is 16.8 Å². The smallest absolute Gasteiger partial charge is 0.255 e. The highest BCUT2D eigenvalue weighted by molar-refractivity contribution is 6.32. The molecule has 0 bridgehead atoms. The Kier molecular flexibility index (Phi) is 6.19. The van der Waals surface area contributed by atoms with Crippen LogP contribution in [0.1, 0.15) is 48.2 Å². The molecule has 1 heterocycles. The molecule has 0 atom stereocenters. The molecule has 0 saturated heterocycles.